The summed E-state index contributed by atoms with van der Waals surface area (Å²) < 4.78 is 1.15. The molecule has 0 bridgehead atoms. The lowest BCUT2D eigenvalue weighted by Crippen LogP contribution is -2.48. The summed E-state index contributed by atoms with van der Waals surface area (Å²) in [4.78, 5) is 28.8. The van der Waals surface area contributed by atoms with Crippen molar-refractivity contribution in [1.29, 1.82) is 0 Å². The molecular weight excluding hydrogens is 625 g/mol. The maximum atomic E-state index is 13.6. The second kappa shape index (κ2) is 16.9. The summed E-state index contributed by atoms with van der Waals surface area (Å²) in [5.74, 6) is 5.41. The van der Waals surface area contributed by atoms with E-state index < -0.39 is 12.1 Å². The van der Waals surface area contributed by atoms with Gasteiger partial charge in [-0.05, 0) is 90.2 Å². The van der Waals surface area contributed by atoms with Crippen LogP contribution in [0.4, 0.5) is 0 Å². The number of hydrogen-bond acceptors (Lipinski definition) is 4. The summed E-state index contributed by atoms with van der Waals surface area (Å²) in [6, 6.07) is 22.5. The van der Waals surface area contributed by atoms with Crippen molar-refractivity contribution in [3.8, 4) is 11.8 Å². The molecule has 7 heteroatoms. The molecule has 0 heterocycles. The number of aliphatic hydroxyl groups excluding tert-OH is 1. The number of nitrogens with one attached hydrogen (secondary N) is 2. The zero-order valence-electron chi connectivity index (χ0n) is 24.1. The van der Waals surface area contributed by atoms with Crippen LogP contribution in [-0.4, -0.2) is 53.6 Å². The van der Waals surface area contributed by atoms with Crippen molar-refractivity contribution in [3.63, 3.8) is 0 Å². The molecule has 0 saturated heterocycles. The van der Waals surface area contributed by atoms with Crippen molar-refractivity contribution in [1.82, 2.24) is 15.5 Å². The molecule has 0 fully saturated rings. The molecule has 0 aliphatic heterocycles. The number of halogens is 1. The topological polar surface area (TPSA) is 81.7 Å². The molecule has 0 aliphatic carbocycles. The smallest absolute Gasteiger partial charge is 0.253 e. The van der Waals surface area contributed by atoms with Crippen LogP contribution in [0.5, 0.6) is 0 Å². The molecule has 2 atom stereocenters. The van der Waals surface area contributed by atoms with E-state index in [1.807, 2.05) is 67.3 Å². The van der Waals surface area contributed by atoms with E-state index in [1.54, 1.807) is 25.1 Å². The maximum Gasteiger partial charge on any atom is 0.253 e. The van der Waals surface area contributed by atoms with Gasteiger partial charge in [0.25, 0.3) is 11.8 Å². The molecule has 0 saturated carbocycles. The lowest BCUT2D eigenvalue weighted by Gasteiger charge is -2.25. The van der Waals surface area contributed by atoms with Gasteiger partial charge in [-0.1, -0.05) is 62.2 Å². The molecule has 0 spiro atoms. The fourth-order valence-corrected chi connectivity index (χ4v) is 5.30. The van der Waals surface area contributed by atoms with Gasteiger partial charge in [0, 0.05) is 46.4 Å². The molecule has 3 N–H and O–H groups in total. The third-order valence-electron chi connectivity index (χ3n) is 6.64. The molecule has 216 valence electrons. The van der Waals surface area contributed by atoms with Crippen LogP contribution in [0, 0.1) is 15.4 Å². The van der Waals surface area contributed by atoms with Crippen molar-refractivity contribution in [2.75, 3.05) is 19.6 Å². The summed E-state index contributed by atoms with van der Waals surface area (Å²) >= 11 is 2.28. The fourth-order valence-electron chi connectivity index (χ4n) is 4.69. The average molecular weight is 666 g/mol. The highest BCUT2D eigenvalue weighted by molar-refractivity contribution is 14.1. The third-order valence-corrected chi connectivity index (χ3v) is 7.31. The van der Waals surface area contributed by atoms with E-state index in [1.165, 1.54) is 0 Å². The monoisotopic (exact) mass is 665 g/mol. The zero-order chi connectivity index (χ0) is 29.6. The van der Waals surface area contributed by atoms with Gasteiger partial charge in [0.05, 0.1) is 12.1 Å². The highest BCUT2D eigenvalue weighted by atomic mass is 127. The van der Waals surface area contributed by atoms with E-state index in [2.05, 4.69) is 51.1 Å². The van der Waals surface area contributed by atoms with Gasteiger partial charge in [0.15, 0.2) is 0 Å². The van der Waals surface area contributed by atoms with Crippen molar-refractivity contribution < 1.29 is 14.7 Å². The van der Waals surface area contributed by atoms with Gasteiger partial charge in [-0.15, -0.1) is 5.92 Å². The van der Waals surface area contributed by atoms with Gasteiger partial charge in [-0.3, -0.25) is 9.59 Å². The highest BCUT2D eigenvalue weighted by Crippen LogP contribution is 2.15. The van der Waals surface area contributed by atoms with Gasteiger partial charge < -0.3 is 20.6 Å². The predicted octanol–water partition coefficient (Wildman–Crippen LogP) is 5.42. The molecule has 3 aromatic carbocycles. The number of carbonyl (C=O) groups excluding carboxylic acids is 2. The number of carbonyl (C=O) groups is 2. The van der Waals surface area contributed by atoms with E-state index in [9.17, 15) is 14.7 Å². The largest absolute Gasteiger partial charge is 0.390 e. The number of hydrogen-bond donors (Lipinski definition) is 3. The van der Waals surface area contributed by atoms with Crippen molar-refractivity contribution in [3.05, 3.63) is 104 Å². The normalized spacial score (nSPS) is 12.1. The minimum Gasteiger partial charge on any atom is -0.390 e. The van der Waals surface area contributed by atoms with Gasteiger partial charge >= 0.3 is 0 Å². The average Bonchev–Trinajstić information content (AvgIpc) is 2.97. The highest BCUT2D eigenvalue weighted by Gasteiger charge is 2.24. The van der Waals surface area contributed by atoms with E-state index in [4.69, 9.17) is 0 Å². The van der Waals surface area contributed by atoms with Crippen LogP contribution in [0.2, 0.25) is 0 Å². The molecule has 0 unspecified atom stereocenters. The Morgan fingerprint density at radius 1 is 0.927 bits per heavy atom. The standard InChI is InChI=1S/C34H40IN3O3/c1-4-11-26-18-28(22-29(19-26)34(41)38(16-5-2)17-6-3)33(40)37-31(21-25-12-8-7-9-13-25)32(39)24-36-23-27-14-10-15-30(35)20-27/h7-10,12-15,18-20,22,31-32,36,39H,5-6,16-17,21,23-24H2,1-3H3,(H,37,40)/t31-,32+/m0/s1. The second-order valence-electron chi connectivity index (χ2n) is 10.1. The molecule has 3 rings (SSSR count). The lowest BCUT2D eigenvalue weighted by atomic mass is 9.99. The second-order valence-corrected chi connectivity index (χ2v) is 11.3. The number of rotatable bonds is 14. The minimum atomic E-state index is -0.841. The summed E-state index contributed by atoms with van der Waals surface area (Å²) in [7, 11) is 0. The van der Waals surface area contributed by atoms with Crippen molar-refractivity contribution >= 4 is 34.4 Å². The Morgan fingerprint density at radius 3 is 2.27 bits per heavy atom. The molecular formula is C34H40IN3O3. The molecule has 6 nitrogen and oxygen atoms in total. The Labute approximate surface area is 258 Å². The van der Waals surface area contributed by atoms with Crippen molar-refractivity contribution in [2.24, 2.45) is 0 Å². The molecule has 41 heavy (non-hydrogen) atoms. The molecule has 0 aliphatic rings. The Kier molecular flexibility index (Phi) is 13.3. The molecule has 3 aromatic rings. The first-order valence-electron chi connectivity index (χ1n) is 14.2. The van der Waals surface area contributed by atoms with Gasteiger partial charge in [-0.25, -0.2) is 0 Å². The van der Waals surface area contributed by atoms with Crippen LogP contribution in [0.25, 0.3) is 0 Å². The first-order valence-corrected chi connectivity index (χ1v) is 15.3. The van der Waals surface area contributed by atoms with E-state index >= 15 is 0 Å². The summed E-state index contributed by atoms with van der Waals surface area (Å²) in [6.07, 6.45) is 1.32. The number of nitrogens with zero attached hydrogens (tertiary/aromatic N) is 1. The summed E-state index contributed by atoms with van der Waals surface area (Å²) in [6.45, 7) is 8.02. The first-order chi connectivity index (χ1) is 19.8. The summed E-state index contributed by atoms with van der Waals surface area (Å²) in [5, 5.41) is 17.6. The van der Waals surface area contributed by atoms with Crippen LogP contribution in [0.15, 0.2) is 72.8 Å². The Hall–Kier alpha value is -3.19. The number of benzene rings is 3. The van der Waals surface area contributed by atoms with E-state index in [0.29, 0.717) is 49.3 Å². The fraction of sp³-hybridized carbons (Fsp3) is 0.353. The Morgan fingerprint density at radius 2 is 1.61 bits per heavy atom. The Balaban J connectivity index is 1.82. The predicted molar refractivity (Wildman–Crippen MR) is 174 cm³/mol. The maximum absolute atomic E-state index is 13.6. The molecule has 2 amide bonds. The number of aliphatic hydroxyl groups is 1. The molecule has 0 aromatic heterocycles. The van der Waals surface area contributed by atoms with E-state index in [0.717, 1.165) is 27.5 Å². The van der Waals surface area contributed by atoms with Crippen LogP contribution in [-0.2, 0) is 13.0 Å². The third kappa shape index (κ3) is 10.3. The van der Waals surface area contributed by atoms with Crippen LogP contribution < -0.4 is 10.6 Å². The summed E-state index contributed by atoms with van der Waals surface area (Å²) in [5.41, 5.74) is 3.52. The van der Waals surface area contributed by atoms with Crippen LogP contribution >= 0.6 is 22.6 Å². The quantitative estimate of drug-likeness (QED) is 0.159. The zero-order valence-corrected chi connectivity index (χ0v) is 26.3. The Bertz CT molecular complexity index is 1340. The number of amides is 2. The van der Waals surface area contributed by atoms with E-state index in [-0.39, 0.29) is 11.8 Å². The lowest BCUT2D eigenvalue weighted by molar-refractivity contribution is 0.0755. The minimum absolute atomic E-state index is 0.108. The molecule has 0 radical (unpaired) electrons. The van der Waals surface area contributed by atoms with Crippen LogP contribution in [0.3, 0.4) is 0 Å². The van der Waals surface area contributed by atoms with Gasteiger partial charge in [0.1, 0.15) is 0 Å². The van der Waals surface area contributed by atoms with Crippen LogP contribution in [0.1, 0.15) is 71.0 Å². The first kappa shape index (κ1) is 32.3. The van der Waals surface area contributed by atoms with Gasteiger partial charge in [0.2, 0.25) is 0 Å². The SMILES string of the molecule is CC#Cc1cc(C(=O)N[C@@H](Cc2ccccc2)[C@H](O)CNCc2cccc(I)c2)cc(C(=O)N(CCC)CCC)c1. The van der Waals surface area contributed by atoms with Crippen molar-refractivity contribution in [2.45, 2.75) is 58.7 Å². The van der Waals surface area contributed by atoms with Gasteiger partial charge in [-0.2, -0.15) is 0 Å².